The van der Waals surface area contributed by atoms with Gasteiger partial charge in [-0.25, -0.2) is 0 Å². The van der Waals surface area contributed by atoms with Crippen LogP contribution >= 0.6 is 0 Å². The van der Waals surface area contributed by atoms with Gasteiger partial charge in [-0.1, -0.05) is 13.8 Å². The maximum absolute atomic E-state index is 5.92. The SMILES string of the molecule is CC(C)C1OCCCC1CNC1=NCCCCN1. The minimum Gasteiger partial charge on any atom is -0.378 e. The van der Waals surface area contributed by atoms with Crippen LogP contribution in [0.2, 0.25) is 0 Å². The Hall–Kier alpha value is -0.770. The van der Waals surface area contributed by atoms with Gasteiger partial charge in [0.1, 0.15) is 0 Å². The molecule has 0 aromatic heterocycles. The molecular formula is C14H27N3O. The van der Waals surface area contributed by atoms with Crippen molar-refractivity contribution in [3.63, 3.8) is 0 Å². The van der Waals surface area contributed by atoms with Crippen LogP contribution in [-0.2, 0) is 4.74 Å². The van der Waals surface area contributed by atoms with Crippen molar-refractivity contribution in [2.24, 2.45) is 16.8 Å². The molecule has 2 unspecified atom stereocenters. The Kier molecular flexibility index (Phi) is 5.29. The molecule has 4 heteroatoms. The molecule has 2 rings (SSSR count). The summed E-state index contributed by atoms with van der Waals surface area (Å²) >= 11 is 0. The first kappa shape index (κ1) is 13.7. The first-order valence-electron chi connectivity index (χ1n) is 7.41. The predicted molar refractivity (Wildman–Crippen MR) is 74.8 cm³/mol. The van der Waals surface area contributed by atoms with Crippen molar-refractivity contribution in [1.82, 2.24) is 10.6 Å². The second-order valence-corrected chi connectivity index (χ2v) is 5.73. The molecule has 104 valence electrons. The zero-order valence-corrected chi connectivity index (χ0v) is 11.7. The fourth-order valence-electron chi connectivity index (χ4n) is 2.86. The van der Waals surface area contributed by atoms with Crippen LogP contribution in [0.15, 0.2) is 4.99 Å². The third-order valence-electron chi connectivity index (χ3n) is 3.83. The first-order chi connectivity index (χ1) is 8.77. The second kappa shape index (κ2) is 6.98. The summed E-state index contributed by atoms with van der Waals surface area (Å²) in [5.41, 5.74) is 0. The maximum Gasteiger partial charge on any atom is 0.191 e. The quantitative estimate of drug-likeness (QED) is 0.806. The lowest BCUT2D eigenvalue weighted by Gasteiger charge is -2.34. The molecule has 0 aromatic rings. The van der Waals surface area contributed by atoms with Gasteiger partial charge in [-0.05, 0) is 31.6 Å². The van der Waals surface area contributed by atoms with Gasteiger partial charge in [0.05, 0.1) is 6.10 Å². The van der Waals surface area contributed by atoms with Gasteiger partial charge < -0.3 is 15.4 Å². The summed E-state index contributed by atoms with van der Waals surface area (Å²) in [7, 11) is 0. The van der Waals surface area contributed by atoms with E-state index in [-0.39, 0.29) is 0 Å². The number of rotatable bonds is 3. The standard InChI is InChI=1S/C14H27N3O/c1-11(2)13-12(6-5-9-18-13)10-17-14-15-7-3-4-8-16-14/h11-13H,3-10H2,1-2H3,(H2,15,16,17). The van der Waals surface area contributed by atoms with Gasteiger partial charge in [-0.3, -0.25) is 4.99 Å². The van der Waals surface area contributed by atoms with E-state index in [1.165, 1.54) is 25.7 Å². The van der Waals surface area contributed by atoms with Crippen LogP contribution in [0.4, 0.5) is 0 Å². The van der Waals surface area contributed by atoms with Gasteiger partial charge in [0, 0.05) is 32.2 Å². The van der Waals surface area contributed by atoms with Gasteiger partial charge in [-0.2, -0.15) is 0 Å². The fraction of sp³-hybridized carbons (Fsp3) is 0.929. The first-order valence-corrected chi connectivity index (χ1v) is 7.41. The molecule has 2 aliphatic heterocycles. The smallest absolute Gasteiger partial charge is 0.191 e. The molecule has 0 aliphatic carbocycles. The van der Waals surface area contributed by atoms with Crippen LogP contribution in [0.25, 0.3) is 0 Å². The molecule has 2 atom stereocenters. The molecule has 2 heterocycles. The normalized spacial score (nSPS) is 29.4. The highest BCUT2D eigenvalue weighted by atomic mass is 16.5. The highest BCUT2D eigenvalue weighted by Gasteiger charge is 2.28. The summed E-state index contributed by atoms with van der Waals surface area (Å²) in [5.74, 6) is 2.20. The Labute approximate surface area is 111 Å². The Morgan fingerprint density at radius 3 is 3.11 bits per heavy atom. The lowest BCUT2D eigenvalue weighted by molar-refractivity contribution is -0.0505. The summed E-state index contributed by atoms with van der Waals surface area (Å²) in [5, 5.41) is 6.84. The molecule has 2 aliphatic rings. The van der Waals surface area contributed by atoms with Crippen LogP contribution < -0.4 is 10.6 Å². The Morgan fingerprint density at radius 1 is 1.39 bits per heavy atom. The van der Waals surface area contributed by atoms with Crippen LogP contribution in [0.3, 0.4) is 0 Å². The number of hydrogen-bond donors (Lipinski definition) is 2. The molecular weight excluding hydrogens is 226 g/mol. The van der Waals surface area contributed by atoms with Crippen molar-refractivity contribution in [3.8, 4) is 0 Å². The number of nitrogens with one attached hydrogen (secondary N) is 2. The largest absolute Gasteiger partial charge is 0.378 e. The van der Waals surface area contributed by atoms with Crippen LogP contribution in [0.1, 0.15) is 39.5 Å². The van der Waals surface area contributed by atoms with E-state index in [1.807, 2.05) is 0 Å². The Bertz CT molecular complexity index is 278. The third-order valence-corrected chi connectivity index (χ3v) is 3.83. The predicted octanol–water partition coefficient (Wildman–Crippen LogP) is 1.77. The van der Waals surface area contributed by atoms with Crippen LogP contribution in [-0.4, -0.2) is 38.3 Å². The molecule has 0 amide bonds. The molecule has 0 radical (unpaired) electrons. The fourth-order valence-corrected chi connectivity index (χ4v) is 2.86. The molecule has 0 saturated carbocycles. The number of guanidine groups is 1. The van der Waals surface area contributed by atoms with Gasteiger partial charge in [0.25, 0.3) is 0 Å². The van der Waals surface area contributed by atoms with E-state index >= 15 is 0 Å². The molecule has 1 fully saturated rings. The topological polar surface area (TPSA) is 45.6 Å². The molecule has 0 spiro atoms. The van der Waals surface area contributed by atoms with Crippen molar-refractivity contribution in [2.75, 3.05) is 26.2 Å². The zero-order chi connectivity index (χ0) is 12.8. The van der Waals surface area contributed by atoms with Crippen molar-refractivity contribution in [1.29, 1.82) is 0 Å². The maximum atomic E-state index is 5.92. The van der Waals surface area contributed by atoms with E-state index in [9.17, 15) is 0 Å². The molecule has 0 bridgehead atoms. The van der Waals surface area contributed by atoms with Crippen LogP contribution in [0.5, 0.6) is 0 Å². The summed E-state index contributed by atoms with van der Waals surface area (Å²) in [6, 6.07) is 0. The second-order valence-electron chi connectivity index (χ2n) is 5.73. The Balaban J connectivity index is 1.81. The summed E-state index contributed by atoms with van der Waals surface area (Å²) in [6.45, 7) is 8.41. The lowest BCUT2D eigenvalue weighted by atomic mass is 9.87. The molecule has 1 saturated heterocycles. The van der Waals surface area contributed by atoms with E-state index in [1.54, 1.807) is 0 Å². The summed E-state index contributed by atoms with van der Waals surface area (Å²) in [4.78, 5) is 4.53. The average Bonchev–Trinajstić information content (AvgIpc) is 2.65. The number of nitrogens with zero attached hydrogens (tertiary/aromatic N) is 1. The van der Waals surface area contributed by atoms with Gasteiger partial charge in [0.15, 0.2) is 5.96 Å². The summed E-state index contributed by atoms with van der Waals surface area (Å²) < 4.78 is 5.92. The van der Waals surface area contributed by atoms with Crippen molar-refractivity contribution in [2.45, 2.75) is 45.6 Å². The number of ether oxygens (including phenoxy) is 1. The average molecular weight is 253 g/mol. The van der Waals surface area contributed by atoms with E-state index in [2.05, 4.69) is 29.5 Å². The highest BCUT2D eigenvalue weighted by molar-refractivity contribution is 5.79. The van der Waals surface area contributed by atoms with Crippen molar-refractivity contribution >= 4 is 5.96 Å². The van der Waals surface area contributed by atoms with Crippen molar-refractivity contribution in [3.05, 3.63) is 0 Å². The molecule has 18 heavy (non-hydrogen) atoms. The number of hydrogen-bond acceptors (Lipinski definition) is 4. The third kappa shape index (κ3) is 3.87. The zero-order valence-electron chi connectivity index (χ0n) is 11.7. The van der Waals surface area contributed by atoms with Gasteiger partial charge in [0.2, 0.25) is 0 Å². The van der Waals surface area contributed by atoms with E-state index < -0.39 is 0 Å². The summed E-state index contributed by atoms with van der Waals surface area (Å²) in [6.07, 6.45) is 5.27. The Morgan fingerprint density at radius 2 is 2.28 bits per heavy atom. The monoisotopic (exact) mass is 253 g/mol. The van der Waals surface area contributed by atoms with E-state index in [4.69, 9.17) is 4.74 Å². The lowest BCUT2D eigenvalue weighted by Crippen LogP contribution is -2.45. The minimum atomic E-state index is 0.401. The minimum absolute atomic E-state index is 0.401. The van der Waals surface area contributed by atoms with Crippen molar-refractivity contribution < 1.29 is 4.74 Å². The highest BCUT2D eigenvalue weighted by Crippen LogP contribution is 2.25. The molecule has 0 aromatic carbocycles. The van der Waals surface area contributed by atoms with Gasteiger partial charge >= 0.3 is 0 Å². The molecule has 2 N–H and O–H groups in total. The van der Waals surface area contributed by atoms with Gasteiger partial charge in [-0.15, -0.1) is 0 Å². The van der Waals surface area contributed by atoms with E-state index in [0.717, 1.165) is 32.2 Å². The van der Waals surface area contributed by atoms with E-state index in [0.29, 0.717) is 17.9 Å². The molecule has 4 nitrogen and oxygen atoms in total. The number of aliphatic imine (C=N–C) groups is 1. The van der Waals surface area contributed by atoms with Crippen LogP contribution in [0, 0.1) is 11.8 Å².